The summed E-state index contributed by atoms with van der Waals surface area (Å²) in [4.78, 5) is 17.1. The van der Waals surface area contributed by atoms with Crippen molar-refractivity contribution in [3.8, 4) is 23.0 Å². The summed E-state index contributed by atoms with van der Waals surface area (Å²) in [5.74, 6) is -1.15. The summed E-state index contributed by atoms with van der Waals surface area (Å²) >= 11 is 0. The first-order valence-electron chi connectivity index (χ1n) is 10.1. The zero-order valence-electron chi connectivity index (χ0n) is 17.7. The van der Waals surface area contributed by atoms with E-state index in [2.05, 4.69) is 25.6 Å². The number of rotatable bonds is 4. The molecular weight excluding hydrogens is 430 g/mol. The van der Waals surface area contributed by atoms with Crippen molar-refractivity contribution in [2.24, 2.45) is 0 Å². The molecule has 0 spiro atoms. The predicted molar refractivity (Wildman–Crippen MR) is 115 cm³/mol. The van der Waals surface area contributed by atoms with Crippen molar-refractivity contribution in [2.75, 3.05) is 12.4 Å². The van der Waals surface area contributed by atoms with Crippen LogP contribution in [0, 0.1) is 18.6 Å². The van der Waals surface area contributed by atoms with Crippen LogP contribution in [0.2, 0.25) is 0 Å². The Hall–Kier alpha value is -4.21. The van der Waals surface area contributed by atoms with Gasteiger partial charge in [0.1, 0.15) is 23.2 Å². The smallest absolute Gasteiger partial charge is 0.272 e. The van der Waals surface area contributed by atoms with Gasteiger partial charge < -0.3 is 10.1 Å². The molecule has 3 heterocycles. The van der Waals surface area contributed by atoms with E-state index in [1.54, 1.807) is 26.2 Å². The third kappa shape index (κ3) is 3.69. The molecule has 0 unspecified atom stereocenters. The van der Waals surface area contributed by atoms with Crippen molar-refractivity contribution in [1.29, 1.82) is 0 Å². The molecule has 0 fully saturated rings. The van der Waals surface area contributed by atoms with Crippen LogP contribution in [-0.4, -0.2) is 38.0 Å². The lowest BCUT2D eigenvalue weighted by Crippen LogP contribution is -2.25. The molecule has 0 bridgehead atoms. The van der Waals surface area contributed by atoms with Gasteiger partial charge in [0.2, 0.25) is 5.91 Å². The molecule has 0 aliphatic carbocycles. The lowest BCUT2D eigenvalue weighted by atomic mass is 9.85. The molecule has 5 rings (SSSR count). The van der Waals surface area contributed by atoms with Gasteiger partial charge in [-0.3, -0.25) is 4.79 Å². The van der Waals surface area contributed by atoms with E-state index in [0.717, 1.165) is 11.6 Å². The van der Waals surface area contributed by atoms with Crippen molar-refractivity contribution in [1.82, 2.24) is 25.0 Å². The van der Waals surface area contributed by atoms with Crippen molar-refractivity contribution in [3.63, 3.8) is 0 Å². The Balaban J connectivity index is 1.60. The van der Waals surface area contributed by atoms with Crippen molar-refractivity contribution in [2.45, 2.75) is 19.3 Å². The van der Waals surface area contributed by atoms with Crippen molar-refractivity contribution in [3.05, 3.63) is 77.1 Å². The molecule has 0 saturated heterocycles. The van der Waals surface area contributed by atoms with Gasteiger partial charge in [-0.2, -0.15) is 14.9 Å². The van der Waals surface area contributed by atoms with E-state index < -0.39 is 17.6 Å². The molecule has 1 amide bonds. The number of aryl methyl sites for hydroxylation is 1. The van der Waals surface area contributed by atoms with Crippen LogP contribution in [0.3, 0.4) is 0 Å². The third-order valence-corrected chi connectivity index (χ3v) is 5.56. The van der Waals surface area contributed by atoms with Gasteiger partial charge in [0.15, 0.2) is 0 Å². The van der Waals surface area contributed by atoms with Gasteiger partial charge >= 0.3 is 0 Å². The molecule has 2 aromatic carbocycles. The lowest BCUT2D eigenvalue weighted by molar-refractivity contribution is -0.116. The summed E-state index contributed by atoms with van der Waals surface area (Å²) in [5, 5.41) is 15.4. The van der Waals surface area contributed by atoms with Crippen LogP contribution in [0.1, 0.15) is 29.2 Å². The Labute approximate surface area is 187 Å². The second-order valence-corrected chi connectivity index (χ2v) is 7.60. The number of benzene rings is 2. The van der Waals surface area contributed by atoms with E-state index in [-0.39, 0.29) is 23.8 Å². The fourth-order valence-electron chi connectivity index (χ4n) is 4.03. The van der Waals surface area contributed by atoms with E-state index >= 15 is 0 Å². The molecule has 33 heavy (non-hydrogen) atoms. The summed E-state index contributed by atoms with van der Waals surface area (Å²) in [7, 11) is 1.59. The number of fused-ring (bicyclic) bond motifs is 1. The quantitative estimate of drug-likeness (QED) is 0.510. The zero-order valence-corrected chi connectivity index (χ0v) is 17.7. The van der Waals surface area contributed by atoms with Crippen molar-refractivity contribution < 1.29 is 18.3 Å². The lowest BCUT2D eigenvalue weighted by Gasteiger charge is -2.24. The maximum atomic E-state index is 14.6. The number of methoxy groups -OCH3 is 1. The molecule has 2 aromatic heterocycles. The zero-order chi connectivity index (χ0) is 23.1. The Morgan fingerprint density at radius 2 is 1.94 bits per heavy atom. The fraction of sp³-hybridized carbons (Fsp3) is 0.174. The molecule has 166 valence electrons. The monoisotopic (exact) mass is 448 g/mol. The van der Waals surface area contributed by atoms with Crippen LogP contribution >= 0.6 is 0 Å². The minimum Gasteiger partial charge on any atom is -0.497 e. The number of carbonyl (C=O) groups excluding carboxylic acids is 1. The SMILES string of the molecule is COc1ccc(-c2cnnc(-n3nc(C)c4c3NC(=O)C[C@H]4c3ccc(F)cc3F)n2)cc1. The summed E-state index contributed by atoms with van der Waals surface area (Å²) in [6, 6.07) is 10.6. The summed E-state index contributed by atoms with van der Waals surface area (Å²) < 4.78 is 34.6. The Kier molecular flexibility index (Phi) is 5.04. The van der Waals surface area contributed by atoms with Gasteiger partial charge in [-0.05, 0) is 42.8 Å². The first-order chi connectivity index (χ1) is 15.9. The minimum absolute atomic E-state index is 0.00702. The van der Waals surface area contributed by atoms with Gasteiger partial charge in [0, 0.05) is 29.5 Å². The second-order valence-electron chi connectivity index (χ2n) is 7.60. The molecule has 4 aromatic rings. The van der Waals surface area contributed by atoms with Gasteiger partial charge in [0.25, 0.3) is 5.95 Å². The van der Waals surface area contributed by atoms with Gasteiger partial charge in [0.05, 0.1) is 24.7 Å². The van der Waals surface area contributed by atoms with E-state index in [1.807, 2.05) is 12.1 Å². The van der Waals surface area contributed by atoms with E-state index in [0.29, 0.717) is 28.5 Å². The minimum atomic E-state index is -0.716. The average Bonchev–Trinajstić information content (AvgIpc) is 3.15. The number of aromatic nitrogens is 5. The number of ether oxygens (including phenoxy) is 1. The molecule has 1 N–H and O–H groups in total. The highest BCUT2D eigenvalue weighted by Gasteiger charge is 2.34. The van der Waals surface area contributed by atoms with Gasteiger partial charge in [-0.1, -0.05) is 6.07 Å². The molecule has 1 atom stereocenters. The number of amides is 1. The number of nitrogens with one attached hydrogen (secondary N) is 1. The molecule has 1 aliphatic rings. The van der Waals surface area contributed by atoms with Crippen LogP contribution in [0.25, 0.3) is 17.2 Å². The van der Waals surface area contributed by atoms with Crippen LogP contribution in [-0.2, 0) is 4.79 Å². The van der Waals surface area contributed by atoms with Crippen LogP contribution in [0.15, 0.2) is 48.7 Å². The maximum Gasteiger partial charge on any atom is 0.272 e. The Morgan fingerprint density at radius 3 is 2.67 bits per heavy atom. The van der Waals surface area contributed by atoms with Crippen molar-refractivity contribution >= 4 is 11.7 Å². The van der Waals surface area contributed by atoms with E-state index in [9.17, 15) is 13.6 Å². The molecule has 10 heteroatoms. The number of hydrogen-bond acceptors (Lipinski definition) is 6. The Morgan fingerprint density at radius 1 is 1.15 bits per heavy atom. The largest absolute Gasteiger partial charge is 0.497 e. The number of halogens is 2. The normalized spacial score (nSPS) is 15.2. The fourth-order valence-corrected chi connectivity index (χ4v) is 4.03. The third-order valence-electron chi connectivity index (χ3n) is 5.56. The summed E-state index contributed by atoms with van der Waals surface area (Å²) in [6.45, 7) is 1.75. The van der Waals surface area contributed by atoms with E-state index in [4.69, 9.17) is 4.74 Å². The van der Waals surface area contributed by atoms with Gasteiger partial charge in [-0.25, -0.2) is 13.8 Å². The molecule has 0 saturated carbocycles. The average molecular weight is 448 g/mol. The van der Waals surface area contributed by atoms with Crippen LogP contribution in [0.5, 0.6) is 5.75 Å². The maximum absolute atomic E-state index is 14.6. The highest BCUT2D eigenvalue weighted by Crippen LogP contribution is 2.40. The topological polar surface area (TPSA) is 94.8 Å². The number of nitrogens with zero attached hydrogens (tertiary/aromatic N) is 5. The van der Waals surface area contributed by atoms with Crippen LogP contribution < -0.4 is 10.1 Å². The predicted octanol–water partition coefficient (Wildman–Crippen LogP) is 3.79. The standard InChI is InChI=1S/C23H18F2N6O2/c1-12-21-17(16-8-5-14(24)9-18(16)25)10-20(32)28-22(21)31(30-12)23-27-19(11-26-29-23)13-3-6-15(33-2)7-4-13/h3-9,11,17H,10H2,1-2H3,(H,28,32)/t17-/m0/s1. The number of hydrogen-bond donors (Lipinski definition) is 1. The highest BCUT2D eigenvalue weighted by molar-refractivity contribution is 5.95. The van der Waals surface area contributed by atoms with Gasteiger partial charge in [-0.15, -0.1) is 5.10 Å². The van der Waals surface area contributed by atoms with Crippen LogP contribution in [0.4, 0.5) is 14.6 Å². The summed E-state index contributed by atoms with van der Waals surface area (Å²) in [5.41, 5.74) is 2.75. The Bertz CT molecular complexity index is 1370. The summed E-state index contributed by atoms with van der Waals surface area (Å²) in [6.07, 6.45) is 1.52. The molecule has 0 radical (unpaired) electrons. The molecular formula is C23H18F2N6O2. The molecule has 8 nitrogen and oxygen atoms in total. The first kappa shape index (κ1) is 20.7. The number of carbonyl (C=O) groups is 1. The first-order valence-corrected chi connectivity index (χ1v) is 10.1. The number of anilines is 1. The molecule has 1 aliphatic heterocycles. The highest BCUT2D eigenvalue weighted by atomic mass is 19.1. The van der Waals surface area contributed by atoms with E-state index in [1.165, 1.54) is 23.0 Å². The second kappa shape index (κ2) is 8.05.